The lowest BCUT2D eigenvalue weighted by Crippen LogP contribution is -2.04. The normalized spacial score (nSPS) is 11.1. The number of nitriles is 2. The Balaban J connectivity index is 1.15. The van der Waals surface area contributed by atoms with Crippen molar-refractivity contribution in [3.05, 3.63) is 228 Å². The second-order valence-electron chi connectivity index (χ2n) is 16.8. The zero-order valence-electron chi connectivity index (χ0n) is 37.0. The molecule has 12 aromatic rings. The average molecular weight is 909 g/mol. The molecule has 0 amide bonds. The van der Waals surface area contributed by atoms with E-state index >= 15 is 0 Å². The van der Waals surface area contributed by atoms with Gasteiger partial charge in [-0.25, -0.2) is 24.6 Å². The highest BCUT2D eigenvalue weighted by atomic mass is 32.1. The summed E-state index contributed by atoms with van der Waals surface area (Å²) in [5.41, 5.74) is 11.8. The molecule has 0 aliphatic rings. The Morgan fingerprint density at radius 3 is 1.69 bits per heavy atom. The van der Waals surface area contributed by atoms with Gasteiger partial charge in [-0.3, -0.25) is 0 Å². The summed E-state index contributed by atoms with van der Waals surface area (Å²) in [6.45, 7) is 15.6. The third-order valence-corrected chi connectivity index (χ3v) is 13.9. The van der Waals surface area contributed by atoms with Gasteiger partial charge in [-0.2, -0.15) is 10.5 Å². The van der Waals surface area contributed by atoms with E-state index in [4.69, 9.17) is 28.1 Å². The fourth-order valence-electron chi connectivity index (χ4n) is 9.43. The highest BCUT2D eigenvalue weighted by molar-refractivity contribution is 7.25. The third kappa shape index (κ3) is 7.08. The molecule has 0 radical (unpaired) electrons. The quantitative estimate of drug-likeness (QED) is 0.148. The number of fused-ring (bicyclic) bond motifs is 6. The molecule has 9 aromatic carbocycles. The molecule has 0 saturated carbocycles. The highest BCUT2D eigenvalue weighted by Gasteiger charge is 2.22. The van der Waals surface area contributed by atoms with Crippen molar-refractivity contribution in [2.75, 3.05) is 0 Å². The van der Waals surface area contributed by atoms with Gasteiger partial charge in [0.2, 0.25) is 0 Å². The van der Waals surface area contributed by atoms with E-state index in [2.05, 4.69) is 111 Å². The molecular formula is C61H32N8S. The van der Waals surface area contributed by atoms with Crippen LogP contribution < -0.4 is 0 Å². The first-order valence-electron chi connectivity index (χ1n) is 22.3. The summed E-state index contributed by atoms with van der Waals surface area (Å²) in [6.07, 6.45) is 0. The SMILES string of the molecule is [C-]#[N+]c1ccc(-c2ccc3c(c2)c2cc(-c4ccc(C#N)cc4[N+]#[C-])ccc2n3-c2ccc(-c3ccc4sc5ccccc5c4c3)cc2-c2nc(-c3ccccc3)nc(-c3ccccc3)n2)c(C#N)c1. The second kappa shape index (κ2) is 17.0. The van der Waals surface area contributed by atoms with E-state index in [9.17, 15) is 10.5 Å². The molecule has 0 fully saturated rings. The first-order valence-corrected chi connectivity index (χ1v) is 23.2. The number of hydrogen-bond acceptors (Lipinski definition) is 6. The van der Waals surface area contributed by atoms with Crippen molar-refractivity contribution in [2.24, 2.45) is 0 Å². The van der Waals surface area contributed by atoms with Crippen molar-refractivity contribution in [1.82, 2.24) is 19.5 Å². The maximum absolute atomic E-state index is 10.3. The van der Waals surface area contributed by atoms with Crippen LogP contribution in [0.4, 0.5) is 11.4 Å². The minimum atomic E-state index is 0.381. The van der Waals surface area contributed by atoms with Crippen LogP contribution in [0.25, 0.3) is 125 Å². The van der Waals surface area contributed by atoms with Gasteiger partial charge < -0.3 is 4.57 Å². The lowest BCUT2D eigenvalue weighted by atomic mass is 9.97. The number of benzene rings is 9. The Kier molecular flexibility index (Phi) is 10.1. The maximum Gasteiger partial charge on any atom is 0.196 e. The Hall–Kier alpha value is -10.0. The molecule has 0 unspecified atom stereocenters. The lowest BCUT2D eigenvalue weighted by Gasteiger charge is -2.17. The van der Waals surface area contributed by atoms with E-state index in [-0.39, 0.29) is 0 Å². The van der Waals surface area contributed by atoms with Crippen molar-refractivity contribution in [3.8, 4) is 85.4 Å². The van der Waals surface area contributed by atoms with Crippen molar-refractivity contribution < 1.29 is 0 Å². The first kappa shape index (κ1) is 41.4. The minimum absolute atomic E-state index is 0.381. The zero-order valence-corrected chi connectivity index (χ0v) is 37.8. The van der Waals surface area contributed by atoms with Gasteiger partial charge >= 0.3 is 0 Å². The summed E-state index contributed by atoms with van der Waals surface area (Å²) >= 11 is 1.79. The number of thiophene rings is 1. The molecule has 0 atom stereocenters. The lowest BCUT2D eigenvalue weighted by molar-refractivity contribution is 1.06. The Labute approximate surface area is 406 Å². The molecule has 0 bridgehead atoms. The summed E-state index contributed by atoms with van der Waals surface area (Å²) in [5.74, 6) is 1.57. The first-order chi connectivity index (χ1) is 34.5. The maximum atomic E-state index is 10.3. The van der Waals surface area contributed by atoms with E-state index in [0.717, 1.165) is 66.4 Å². The second-order valence-corrected chi connectivity index (χ2v) is 17.9. The van der Waals surface area contributed by atoms with Crippen LogP contribution in [0.15, 0.2) is 194 Å². The molecular weight excluding hydrogens is 877 g/mol. The molecule has 0 aliphatic carbocycles. The summed E-state index contributed by atoms with van der Waals surface area (Å²) in [7, 11) is 0. The summed E-state index contributed by atoms with van der Waals surface area (Å²) < 4.78 is 4.70. The van der Waals surface area contributed by atoms with Crippen molar-refractivity contribution in [1.29, 1.82) is 10.5 Å². The molecule has 0 N–H and O–H groups in total. The van der Waals surface area contributed by atoms with Gasteiger partial charge in [-0.05, 0) is 106 Å². The van der Waals surface area contributed by atoms with E-state index in [1.54, 1.807) is 35.6 Å². The molecule has 0 saturated heterocycles. The third-order valence-electron chi connectivity index (χ3n) is 12.8. The van der Waals surface area contributed by atoms with Gasteiger partial charge in [0.05, 0.1) is 42.0 Å². The van der Waals surface area contributed by atoms with E-state index < -0.39 is 0 Å². The fourth-order valence-corrected chi connectivity index (χ4v) is 10.5. The van der Waals surface area contributed by atoms with Gasteiger partial charge in [-0.1, -0.05) is 121 Å². The number of aromatic nitrogens is 4. The van der Waals surface area contributed by atoms with Crippen LogP contribution in [-0.4, -0.2) is 19.5 Å². The van der Waals surface area contributed by atoms with Gasteiger partial charge in [0.15, 0.2) is 28.8 Å². The number of nitrogens with zero attached hydrogens (tertiary/aromatic N) is 8. The van der Waals surface area contributed by atoms with Crippen LogP contribution in [0, 0.1) is 35.8 Å². The molecule has 12 rings (SSSR count). The minimum Gasteiger partial charge on any atom is -0.308 e. The average Bonchev–Trinajstić information content (AvgIpc) is 3.97. The van der Waals surface area contributed by atoms with Gasteiger partial charge in [0, 0.05) is 58.8 Å². The largest absolute Gasteiger partial charge is 0.308 e. The van der Waals surface area contributed by atoms with E-state index in [0.29, 0.717) is 51.1 Å². The topological polar surface area (TPSA) is 99.9 Å². The van der Waals surface area contributed by atoms with E-state index in [1.165, 1.54) is 20.2 Å². The number of hydrogen-bond donors (Lipinski definition) is 0. The molecule has 0 aliphatic heterocycles. The molecule has 9 heteroatoms. The Morgan fingerprint density at radius 2 is 1.01 bits per heavy atom. The predicted octanol–water partition coefficient (Wildman–Crippen LogP) is 16.2. The van der Waals surface area contributed by atoms with E-state index in [1.807, 2.05) is 84.9 Å². The van der Waals surface area contributed by atoms with Crippen LogP contribution in [0.1, 0.15) is 11.1 Å². The molecule has 0 spiro atoms. The van der Waals surface area contributed by atoms with Crippen LogP contribution in [0.5, 0.6) is 0 Å². The Morgan fingerprint density at radius 1 is 0.429 bits per heavy atom. The van der Waals surface area contributed by atoms with Gasteiger partial charge in [0.1, 0.15) is 0 Å². The smallest absolute Gasteiger partial charge is 0.196 e. The van der Waals surface area contributed by atoms with Crippen LogP contribution >= 0.6 is 11.3 Å². The molecule has 8 nitrogen and oxygen atoms in total. The molecule has 3 heterocycles. The summed E-state index contributed by atoms with van der Waals surface area (Å²) in [4.78, 5) is 23.0. The molecule has 70 heavy (non-hydrogen) atoms. The number of rotatable bonds is 7. The summed E-state index contributed by atoms with van der Waals surface area (Å²) in [6, 6.07) is 68.8. The van der Waals surface area contributed by atoms with Crippen molar-refractivity contribution in [2.45, 2.75) is 0 Å². The van der Waals surface area contributed by atoms with Gasteiger partial charge in [-0.15, -0.1) is 11.3 Å². The Bertz CT molecular complexity index is 4100. The van der Waals surface area contributed by atoms with Crippen LogP contribution in [-0.2, 0) is 0 Å². The van der Waals surface area contributed by atoms with Crippen molar-refractivity contribution >= 4 is 64.7 Å². The monoisotopic (exact) mass is 908 g/mol. The summed E-state index contributed by atoms with van der Waals surface area (Å²) in [5, 5.41) is 24.2. The van der Waals surface area contributed by atoms with Crippen LogP contribution in [0.2, 0.25) is 0 Å². The van der Waals surface area contributed by atoms with Crippen LogP contribution in [0.3, 0.4) is 0 Å². The van der Waals surface area contributed by atoms with Crippen molar-refractivity contribution in [3.63, 3.8) is 0 Å². The fraction of sp³-hybridized carbons (Fsp3) is 0. The standard InChI is InChI=1S/C61H32N8S/c1-64-45-22-24-46(44(30-45)36-63)42-19-26-54-49(33-42)50-34-43(47-23-17-37(35-62)29-53(47)65-2)20-27-55(50)69(54)56-25-18-40(41-21-28-58-51(31-41)48-15-9-10-16-57(48)70-58)32-52(56)61-67-59(38-11-5-3-6-12-38)66-60(68-61)39-13-7-4-8-14-39/h3-34H. The predicted molar refractivity (Wildman–Crippen MR) is 282 cm³/mol. The highest BCUT2D eigenvalue weighted by Crippen LogP contribution is 2.43. The molecule has 3 aromatic heterocycles. The van der Waals surface area contributed by atoms with Gasteiger partial charge in [0.25, 0.3) is 0 Å². The molecule has 322 valence electrons. The zero-order chi connectivity index (χ0) is 47.3.